The number of hydrogen-bond donors (Lipinski definition) is 2. The fraction of sp³-hybridized carbons (Fsp3) is 0.188. The van der Waals surface area contributed by atoms with Gasteiger partial charge in [-0.15, -0.1) is 0 Å². The molecule has 0 saturated carbocycles. The van der Waals surface area contributed by atoms with Crippen LogP contribution in [0.5, 0.6) is 0 Å². The summed E-state index contributed by atoms with van der Waals surface area (Å²) in [4.78, 5) is 16.4. The van der Waals surface area contributed by atoms with Crippen LogP contribution < -0.4 is 5.32 Å². The molecule has 0 saturated heterocycles. The lowest BCUT2D eigenvalue weighted by Crippen LogP contribution is -2.23. The molecule has 4 rings (SSSR count). The molecule has 10 nitrogen and oxygen atoms in total. The first-order chi connectivity index (χ1) is 12.7. The number of nitrogens with one attached hydrogen (secondary N) is 2. The Balaban J connectivity index is 1.39. The molecule has 0 unspecified atom stereocenters. The number of aromatic amines is 1. The van der Waals surface area contributed by atoms with Crippen molar-refractivity contribution >= 4 is 5.91 Å². The van der Waals surface area contributed by atoms with Crippen LogP contribution in [0.2, 0.25) is 0 Å². The summed E-state index contributed by atoms with van der Waals surface area (Å²) in [5.74, 6) is 0.955. The molecule has 132 valence electrons. The van der Waals surface area contributed by atoms with Crippen LogP contribution in [0.3, 0.4) is 0 Å². The molecule has 26 heavy (non-hydrogen) atoms. The highest BCUT2D eigenvalue weighted by Crippen LogP contribution is 2.18. The fourth-order valence-electron chi connectivity index (χ4n) is 2.34. The number of H-pyrrole nitrogens is 1. The Kier molecular flexibility index (Phi) is 4.06. The van der Waals surface area contributed by atoms with E-state index in [1.807, 2.05) is 13.1 Å². The third kappa shape index (κ3) is 3.11. The van der Waals surface area contributed by atoms with Gasteiger partial charge in [-0.25, -0.2) is 0 Å². The number of rotatable bonds is 6. The van der Waals surface area contributed by atoms with Crippen LogP contribution >= 0.6 is 0 Å². The molecule has 10 heteroatoms. The highest BCUT2D eigenvalue weighted by Gasteiger charge is 2.15. The molecule has 0 bridgehead atoms. The molecular formula is C16H15N7O3. The molecule has 0 atom stereocenters. The Bertz CT molecular complexity index is 1010. The minimum absolute atomic E-state index is 0.0939. The lowest BCUT2D eigenvalue weighted by atomic mass is 10.3. The number of amides is 1. The SMILES string of the molecule is CCn1cc(-c2noc(CNC(=O)c3cc(-c4ccco4)[nH]n3)n2)cn1. The highest BCUT2D eigenvalue weighted by molar-refractivity contribution is 5.93. The van der Waals surface area contributed by atoms with Gasteiger partial charge in [-0.2, -0.15) is 15.2 Å². The van der Waals surface area contributed by atoms with Gasteiger partial charge in [0.2, 0.25) is 11.7 Å². The van der Waals surface area contributed by atoms with E-state index in [4.69, 9.17) is 8.94 Å². The normalized spacial score (nSPS) is 11.0. The Hall–Kier alpha value is -3.69. The summed E-state index contributed by atoms with van der Waals surface area (Å²) in [5, 5.41) is 17.5. The van der Waals surface area contributed by atoms with E-state index in [-0.39, 0.29) is 18.1 Å². The zero-order valence-electron chi connectivity index (χ0n) is 13.8. The first kappa shape index (κ1) is 15.8. The van der Waals surface area contributed by atoms with Gasteiger partial charge in [0, 0.05) is 18.8 Å². The maximum atomic E-state index is 12.2. The largest absolute Gasteiger partial charge is 0.463 e. The Morgan fingerprint density at radius 1 is 1.42 bits per heavy atom. The van der Waals surface area contributed by atoms with E-state index in [0.29, 0.717) is 23.2 Å². The smallest absolute Gasteiger partial charge is 0.272 e. The molecule has 0 aromatic carbocycles. The second-order valence-corrected chi connectivity index (χ2v) is 5.42. The number of carbonyl (C=O) groups excluding carboxylic acids is 1. The first-order valence-electron chi connectivity index (χ1n) is 7.96. The molecule has 2 N–H and O–H groups in total. The summed E-state index contributed by atoms with van der Waals surface area (Å²) in [7, 11) is 0. The summed E-state index contributed by atoms with van der Waals surface area (Å²) in [5.41, 5.74) is 1.61. The lowest BCUT2D eigenvalue weighted by molar-refractivity contribution is 0.0941. The number of aromatic nitrogens is 6. The topological polar surface area (TPSA) is 128 Å². The van der Waals surface area contributed by atoms with E-state index in [0.717, 1.165) is 12.1 Å². The zero-order valence-corrected chi connectivity index (χ0v) is 13.8. The van der Waals surface area contributed by atoms with Crippen molar-refractivity contribution < 1.29 is 13.7 Å². The van der Waals surface area contributed by atoms with Crippen LogP contribution in [0.25, 0.3) is 22.8 Å². The van der Waals surface area contributed by atoms with Crippen molar-refractivity contribution in [2.24, 2.45) is 0 Å². The molecule has 1 amide bonds. The highest BCUT2D eigenvalue weighted by atomic mass is 16.5. The second-order valence-electron chi connectivity index (χ2n) is 5.42. The van der Waals surface area contributed by atoms with Crippen LogP contribution in [0, 0.1) is 0 Å². The third-order valence-corrected chi connectivity index (χ3v) is 3.68. The van der Waals surface area contributed by atoms with E-state index >= 15 is 0 Å². The van der Waals surface area contributed by atoms with Gasteiger partial charge in [-0.1, -0.05) is 5.16 Å². The van der Waals surface area contributed by atoms with Gasteiger partial charge in [-0.05, 0) is 19.1 Å². The summed E-state index contributed by atoms with van der Waals surface area (Å²) in [6, 6.07) is 5.13. The monoisotopic (exact) mass is 353 g/mol. The van der Waals surface area contributed by atoms with Crippen molar-refractivity contribution in [3.8, 4) is 22.8 Å². The van der Waals surface area contributed by atoms with E-state index in [9.17, 15) is 4.79 Å². The van der Waals surface area contributed by atoms with Crippen molar-refractivity contribution in [1.29, 1.82) is 0 Å². The average Bonchev–Trinajstić information content (AvgIpc) is 3.45. The third-order valence-electron chi connectivity index (χ3n) is 3.68. The van der Waals surface area contributed by atoms with Crippen molar-refractivity contribution in [3.63, 3.8) is 0 Å². The second kappa shape index (κ2) is 6.67. The van der Waals surface area contributed by atoms with E-state index in [1.54, 1.807) is 35.3 Å². The van der Waals surface area contributed by atoms with E-state index in [1.165, 1.54) is 0 Å². The quantitative estimate of drug-likeness (QED) is 0.541. The molecule has 0 fully saturated rings. The molecule has 0 spiro atoms. The molecular weight excluding hydrogens is 338 g/mol. The summed E-state index contributed by atoms with van der Waals surface area (Å²) in [6.07, 6.45) is 5.04. The van der Waals surface area contributed by atoms with Crippen molar-refractivity contribution in [2.45, 2.75) is 20.0 Å². The molecule has 4 heterocycles. The van der Waals surface area contributed by atoms with Gasteiger partial charge >= 0.3 is 0 Å². The standard InChI is InChI=1S/C16H15N7O3/c1-2-23-9-10(7-18-23)15-19-14(26-22-15)8-17-16(24)12-6-11(20-21-12)13-4-3-5-25-13/h3-7,9H,2,8H2,1H3,(H,17,24)(H,20,21). The maximum absolute atomic E-state index is 12.2. The number of carbonyl (C=O) groups is 1. The van der Waals surface area contributed by atoms with Gasteiger partial charge < -0.3 is 14.3 Å². The fourth-order valence-corrected chi connectivity index (χ4v) is 2.34. The van der Waals surface area contributed by atoms with Gasteiger partial charge in [0.25, 0.3) is 5.91 Å². The molecule has 0 aliphatic carbocycles. The van der Waals surface area contributed by atoms with Gasteiger partial charge in [0.1, 0.15) is 5.69 Å². The number of furan rings is 1. The minimum atomic E-state index is -0.363. The predicted molar refractivity (Wildman–Crippen MR) is 88.7 cm³/mol. The van der Waals surface area contributed by atoms with Crippen LogP contribution in [0.4, 0.5) is 0 Å². The zero-order chi connectivity index (χ0) is 17.9. The average molecular weight is 353 g/mol. The van der Waals surface area contributed by atoms with Crippen LogP contribution in [-0.2, 0) is 13.1 Å². The Labute approximate surface area is 147 Å². The molecule has 4 aromatic heterocycles. The van der Waals surface area contributed by atoms with Crippen LogP contribution in [0.15, 0.2) is 45.8 Å². The summed E-state index contributed by atoms with van der Waals surface area (Å²) >= 11 is 0. The molecule has 0 radical (unpaired) electrons. The van der Waals surface area contributed by atoms with Crippen molar-refractivity contribution in [3.05, 3.63) is 48.4 Å². The van der Waals surface area contributed by atoms with Gasteiger partial charge in [0.15, 0.2) is 11.5 Å². The van der Waals surface area contributed by atoms with Crippen molar-refractivity contribution in [2.75, 3.05) is 0 Å². The lowest BCUT2D eigenvalue weighted by Gasteiger charge is -1.97. The number of nitrogens with zero attached hydrogens (tertiary/aromatic N) is 5. The summed E-state index contributed by atoms with van der Waals surface area (Å²) in [6.45, 7) is 2.83. The van der Waals surface area contributed by atoms with Crippen LogP contribution in [0.1, 0.15) is 23.3 Å². The molecule has 0 aliphatic rings. The van der Waals surface area contributed by atoms with Crippen molar-refractivity contribution in [1.82, 2.24) is 35.4 Å². The molecule has 0 aliphatic heterocycles. The van der Waals surface area contributed by atoms with Gasteiger partial charge in [0.05, 0.1) is 24.6 Å². The molecule has 4 aromatic rings. The Morgan fingerprint density at radius 3 is 3.12 bits per heavy atom. The number of hydrogen-bond acceptors (Lipinski definition) is 7. The summed E-state index contributed by atoms with van der Waals surface area (Å²) < 4.78 is 12.2. The first-order valence-corrected chi connectivity index (χ1v) is 7.96. The number of aryl methyl sites for hydroxylation is 1. The van der Waals surface area contributed by atoms with E-state index < -0.39 is 0 Å². The van der Waals surface area contributed by atoms with Gasteiger partial charge in [-0.3, -0.25) is 14.6 Å². The van der Waals surface area contributed by atoms with E-state index in [2.05, 4.69) is 30.8 Å². The maximum Gasteiger partial charge on any atom is 0.272 e. The minimum Gasteiger partial charge on any atom is -0.463 e. The Morgan fingerprint density at radius 2 is 2.35 bits per heavy atom. The van der Waals surface area contributed by atoms with Crippen LogP contribution in [-0.4, -0.2) is 36.0 Å². The predicted octanol–water partition coefficient (Wildman–Crippen LogP) is 1.87.